The summed E-state index contributed by atoms with van der Waals surface area (Å²) in [5, 5.41) is 2.52. The second kappa shape index (κ2) is 10.7. The molecule has 1 atom stereocenters. The van der Waals surface area contributed by atoms with E-state index in [1.54, 1.807) is 7.11 Å². The fourth-order valence-electron chi connectivity index (χ4n) is 4.22. The highest BCUT2D eigenvalue weighted by Crippen LogP contribution is 2.28. The molecule has 1 aliphatic heterocycles. The van der Waals surface area contributed by atoms with E-state index in [1.807, 2.05) is 0 Å². The van der Waals surface area contributed by atoms with Crippen LogP contribution in [0.4, 0.5) is 0 Å². The smallest absolute Gasteiger partial charge is 0.281 e. The van der Waals surface area contributed by atoms with Crippen LogP contribution in [-0.4, -0.2) is 28.1 Å². The van der Waals surface area contributed by atoms with E-state index in [0.29, 0.717) is 6.61 Å². The van der Waals surface area contributed by atoms with E-state index < -0.39 is 8.32 Å². The van der Waals surface area contributed by atoms with Crippen molar-refractivity contribution in [3.05, 3.63) is 95.7 Å². The zero-order chi connectivity index (χ0) is 21.4. The highest BCUT2D eigenvalue weighted by Gasteiger charge is 2.41. The van der Waals surface area contributed by atoms with Gasteiger partial charge in [0.15, 0.2) is 0 Å². The number of hydrogen-bond donors (Lipinski definition) is 0. The van der Waals surface area contributed by atoms with E-state index in [-0.39, 0.29) is 6.10 Å². The summed E-state index contributed by atoms with van der Waals surface area (Å²) in [7, 11) is -0.858. The fraction of sp³-hybridized carbons (Fsp3) is 0.333. The maximum Gasteiger partial charge on any atom is 0.281 e. The highest BCUT2D eigenvalue weighted by molar-refractivity contribution is 7.01. The molecular weight excluding hydrogens is 384 g/mol. The zero-order valence-corrected chi connectivity index (χ0v) is 19.6. The van der Waals surface area contributed by atoms with Crippen LogP contribution in [0.5, 0.6) is 0 Å². The monoisotopic (exact) mass is 418 g/mol. The molecule has 0 fully saturated rings. The molecule has 2 aromatic carbocycles. The summed E-state index contributed by atoms with van der Waals surface area (Å²) < 4.78 is 12.7. The molecule has 0 saturated carbocycles. The van der Waals surface area contributed by atoms with Crippen molar-refractivity contribution < 1.29 is 9.16 Å². The molecule has 0 aromatic heterocycles. The molecule has 2 aromatic rings. The number of unbranched alkanes of at least 4 members (excludes halogenated alkanes) is 1. The van der Waals surface area contributed by atoms with Gasteiger partial charge in [0, 0.05) is 7.11 Å². The molecular formula is C27H34O2Si. The molecule has 0 saturated heterocycles. The summed E-state index contributed by atoms with van der Waals surface area (Å²) in [6.45, 7) is 9.44. The van der Waals surface area contributed by atoms with E-state index in [0.717, 1.165) is 19.3 Å². The van der Waals surface area contributed by atoms with Gasteiger partial charge in [-0.05, 0) is 53.3 Å². The van der Waals surface area contributed by atoms with E-state index in [2.05, 4.69) is 92.9 Å². The molecule has 2 nitrogen and oxygen atoms in total. The first kappa shape index (κ1) is 22.5. The van der Waals surface area contributed by atoms with E-state index >= 15 is 0 Å². The Kier molecular flexibility index (Phi) is 8.03. The van der Waals surface area contributed by atoms with E-state index in [9.17, 15) is 0 Å². The van der Waals surface area contributed by atoms with Crippen molar-refractivity contribution >= 4 is 18.7 Å². The van der Waals surface area contributed by atoms with Crippen LogP contribution < -0.4 is 10.4 Å². The summed E-state index contributed by atoms with van der Waals surface area (Å²) in [5.41, 5.74) is 6.12. The van der Waals surface area contributed by atoms with Gasteiger partial charge in [-0.1, -0.05) is 92.4 Å². The molecule has 158 valence electrons. The van der Waals surface area contributed by atoms with Crippen molar-refractivity contribution in [3.8, 4) is 0 Å². The van der Waals surface area contributed by atoms with E-state index in [4.69, 9.17) is 9.16 Å². The van der Waals surface area contributed by atoms with Gasteiger partial charge in [0.1, 0.15) is 0 Å². The number of ether oxygens (including phenoxy) is 1. The van der Waals surface area contributed by atoms with Gasteiger partial charge < -0.3 is 9.16 Å². The maximum atomic E-state index is 7.12. The second-order valence-corrected chi connectivity index (χ2v) is 11.2. The average Bonchev–Trinajstić information content (AvgIpc) is 2.77. The normalized spacial score (nSPS) is 22.2. The van der Waals surface area contributed by atoms with Crippen molar-refractivity contribution in [2.24, 2.45) is 0 Å². The van der Waals surface area contributed by atoms with Gasteiger partial charge in [0.2, 0.25) is 0 Å². The Morgan fingerprint density at radius 1 is 1.07 bits per heavy atom. The lowest BCUT2D eigenvalue weighted by Gasteiger charge is -2.36. The molecule has 0 aliphatic carbocycles. The van der Waals surface area contributed by atoms with Gasteiger partial charge in [-0.2, -0.15) is 0 Å². The summed E-state index contributed by atoms with van der Waals surface area (Å²) in [6, 6.07) is 21.4. The standard InChI is InChI=1S/C27H34O2Si/c1-5-6-13-22(2)27-19-18-24(20-28-4)21-30(29-23(27)3,25-14-9-7-10-15-25)26-16-11-8-12-17-26/h7-12,14-17,19,21,23H,2,5-6,13,18,20H2,1,3-4H3/b24-21+,27-19-. The molecule has 3 rings (SSSR count). The number of methoxy groups -OCH3 is 1. The average molecular weight is 419 g/mol. The largest absolute Gasteiger partial charge is 0.398 e. The van der Waals surface area contributed by atoms with Crippen LogP contribution in [0.15, 0.2) is 95.7 Å². The first-order chi connectivity index (χ1) is 14.6. The van der Waals surface area contributed by atoms with Gasteiger partial charge in [-0.3, -0.25) is 0 Å². The lowest BCUT2D eigenvalue weighted by molar-refractivity contribution is 0.222. The SMILES string of the molecule is C=C(CCCC)/C1=C/C/C(COC)=C\[Si](c2ccccc2)(c2ccccc2)OC1C. The van der Waals surface area contributed by atoms with Gasteiger partial charge in [0.25, 0.3) is 8.32 Å². The minimum absolute atomic E-state index is 0.0122. The third-order valence-electron chi connectivity index (χ3n) is 5.77. The summed E-state index contributed by atoms with van der Waals surface area (Å²) in [4.78, 5) is 0. The van der Waals surface area contributed by atoms with Crippen molar-refractivity contribution in [1.82, 2.24) is 0 Å². The lowest BCUT2D eigenvalue weighted by Crippen LogP contribution is -2.61. The minimum Gasteiger partial charge on any atom is -0.398 e. The predicted molar refractivity (Wildman–Crippen MR) is 130 cm³/mol. The quantitative estimate of drug-likeness (QED) is 0.539. The lowest BCUT2D eigenvalue weighted by atomic mass is 9.96. The Bertz CT molecular complexity index is 844. The molecule has 0 radical (unpaired) electrons. The van der Waals surface area contributed by atoms with Crippen molar-refractivity contribution in [3.63, 3.8) is 0 Å². The Labute approximate surface area is 183 Å². The van der Waals surface area contributed by atoms with E-state index in [1.165, 1.54) is 33.5 Å². The zero-order valence-electron chi connectivity index (χ0n) is 18.6. The fourth-order valence-corrected chi connectivity index (χ4v) is 8.07. The molecule has 30 heavy (non-hydrogen) atoms. The van der Waals surface area contributed by atoms with Crippen LogP contribution >= 0.6 is 0 Å². The Morgan fingerprint density at radius 3 is 2.20 bits per heavy atom. The van der Waals surface area contributed by atoms with Gasteiger partial charge in [-0.15, -0.1) is 0 Å². The highest BCUT2D eigenvalue weighted by atomic mass is 28.4. The van der Waals surface area contributed by atoms with Crippen molar-refractivity contribution in [2.45, 2.75) is 45.6 Å². The third kappa shape index (κ3) is 5.09. The van der Waals surface area contributed by atoms with Gasteiger partial charge in [-0.25, -0.2) is 0 Å². The summed E-state index contributed by atoms with van der Waals surface area (Å²) >= 11 is 0. The van der Waals surface area contributed by atoms with Crippen LogP contribution in [0, 0.1) is 0 Å². The Hall–Kier alpha value is -2.20. The topological polar surface area (TPSA) is 18.5 Å². The minimum atomic E-state index is -2.62. The van der Waals surface area contributed by atoms with Crippen LogP contribution in [0.3, 0.4) is 0 Å². The number of rotatable bonds is 8. The van der Waals surface area contributed by atoms with Crippen LogP contribution in [0.25, 0.3) is 0 Å². The molecule has 1 heterocycles. The molecule has 0 amide bonds. The van der Waals surface area contributed by atoms with Crippen molar-refractivity contribution in [2.75, 3.05) is 13.7 Å². The second-order valence-electron chi connectivity index (χ2n) is 8.03. The van der Waals surface area contributed by atoms with Crippen LogP contribution in [-0.2, 0) is 9.16 Å². The van der Waals surface area contributed by atoms with Gasteiger partial charge >= 0.3 is 0 Å². The van der Waals surface area contributed by atoms with Gasteiger partial charge in [0.05, 0.1) is 12.7 Å². The number of benzene rings is 2. The molecule has 3 heteroatoms. The Morgan fingerprint density at radius 2 is 1.67 bits per heavy atom. The molecule has 1 aliphatic rings. The van der Waals surface area contributed by atoms with Crippen LogP contribution in [0.2, 0.25) is 0 Å². The molecule has 1 unspecified atom stereocenters. The molecule has 0 bridgehead atoms. The first-order valence-corrected chi connectivity index (χ1v) is 13.0. The molecule has 0 N–H and O–H groups in total. The maximum absolute atomic E-state index is 7.12. The number of hydrogen-bond acceptors (Lipinski definition) is 2. The van der Waals surface area contributed by atoms with Crippen LogP contribution in [0.1, 0.15) is 39.5 Å². The summed E-state index contributed by atoms with van der Waals surface area (Å²) in [6.07, 6.45) is 6.51. The first-order valence-electron chi connectivity index (χ1n) is 11.0. The van der Waals surface area contributed by atoms with Crippen molar-refractivity contribution in [1.29, 1.82) is 0 Å². The predicted octanol–water partition coefficient (Wildman–Crippen LogP) is 5.34. The Balaban J connectivity index is 2.14. The summed E-state index contributed by atoms with van der Waals surface area (Å²) in [5.74, 6) is 0. The number of allylic oxidation sites excluding steroid dienone is 1. The third-order valence-corrected chi connectivity index (χ3v) is 9.69. The molecule has 0 spiro atoms.